The van der Waals surface area contributed by atoms with E-state index >= 15 is 0 Å². The van der Waals surface area contributed by atoms with E-state index in [0.717, 1.165) is 28.1 Å². The second-order valence-corrected chi connectivity index (χ2v) is 7.23. The quantitative estimate of drug-likeness (QED) is 0.641. The molecule has 3 aromatic carbocycles. The number of nitrogens with zero attached hydrogens (tertiary/aromatic N) is 2. The van der Waals surface area contributed by atoms with Gasteiger partial charge in [0.1, 0.15) is 0 Å². The summed E-state index contributed by atoms with van der Waals surface area (Å²) in [6, 6.07) is 25.7. The molecule has 2 aliphatic rings. The maximum absolute atomic E-state index is 13.5. The number of para-hydroxylation sites is 1. The second-order valence-electron chi connectivity index (χ2n) is 7.23. The fourth-order valence-corrected chi connectivity index (χ4v) is 3.86. The lowest BCUT2D eigenvalue weighted by Gasteiger charge is -2.28. The summed E-state index contributed by atoms with van der Waals surface area (Å²) in [5, 5.41) is 4.28. The first-order valence-corrected chi connectivity index (χ1v) is 9.76. The zero-order chi connectivity index (χ0) is 19.6. The number of anilines is 1. The number of carbonyl (C=O) groups excluding carboxylic acids is 1. The van der Waals surface area contributed by atoms with E-state index in [-0.39, 0.29) is 12.0 Å². The Morgan fingerprint density at radius 3 is 2.41 bits per heavy atom. The Kier molecular flexibility index (Phi) is 4.45. The van der Waals surface area contributed by atoms with Gasteiger partial charge in [-0.05, 0) is 28.8 Å². The Hall–Kier alpha value is -3.66. The molecule has 4 heteroatoms. The van der Waals surface area contributed by atoms with Crippen LogP contribution in [0.5, 0.6) is 0 Å². The van der Waals surface area contributed by atoms with E-state index in [4.69, 9.17) is 4.84 Å². The topological polar surface area (TPSA) is 41.9 Å². The summed E-state index contributed by atoms with van der Waals surface area (Å²) in [7, 11) is 0. The monoisotopic (exact) mass is 380 g/mol. The number of amides is 1. The van der Waals surface area contributed by atoms with Crippen LogP contribution in [0.15, 0.2) is 84.0 Å². The largest absolute Gasteiger partial charge is 0.390 e. The lowest BCUT2D eigenvalue weighted by Crippen LogP contribution is -2.39. The van der Waals surface area contributed by atoms with Crippen LogP contribution in [0.1, 0.15) is 33.5 Å². The number of hydrogen-bond donors (Lipinski definition) is 0. The van der Waals surface area contributed by atoms with Crippen molar-refractivity contribution in [3.05, 3.63) is 101 Å². The predicted octanol–water partition coefficient (Wildman–Crippen LogP) is 5.01. The number of benzene rings is 3. The Morgan fingerprint density at radius 1 is 0.862 bits per heavy atom. The molecule has 5 rings (SSSR count). The van der Waals surface area contributed by atoms with Gasteiger partial charge in [0, 0.05) is 12.0 Å². The van der Waals surface area contributed by atoms with Crippen LogP contribution in [0, 0.1) is 0 Å². The van der Waals surface area contributed by atoms with Crippen molar-refractivity contribution in [2.45, 2.75) is 12.5 Å². The van der Waals surface area contributed by atoms with Crippen LogP contribution in [0.3, 0.4) is 0 Å². The fraction of sp³-hybridized carbons (Fsp3) is 0.120. The molecule has 0 aromatic heterocycles. The Balaban J connectivity index is 1.46. The van der Waals surface area contributed by atoms with Gasteiger partial charge in [-0.1, -0.05) is 84.0 Å². The minimum absolute atomic E-state index is 0.0193. The van der Waals surface area contributed by atoms with Crippen molar-refractivity contribution in [1.29, 1.82) is 0 Å². The Bertz CT molecular complexity index is 1120. The van der Waals surface area contributed by atoms with Crippen LogP contribution in [0.25, 0.3) is 12.2 Å². The molecule has 0 aliphatic carbocycles. The van der Waals surface area contributed by atoms with Gasteiger partial charge >= 0.3 is 0 Å². The third kappa shape index (κ3) is 3.34. The number of carbonyl (C=O) groups is 1. The summed E-state index contributed by atoms with van der Waals surface area (Å²) in [6.07, 6.45) is 4.56. The van der Waals surface area contributed by atoms with Crippen molar-refractivity contribution < 1.29 is 9.63 Å². The highest BCUT2D eigenvalue weighted by molar-refractivity contribution is 6.11. The first-order chi connectivity index (χ1) is 14.3. The zero-order valence-electron chi connectivity index (χ0n) is 15.9. The van der Waals surface area contributed by atoms with Crippen molar-refractivity contribution in [3.8, 4) is 0 Å². The molecule has 2 heterocycles. The summed E-state index contributed by atoms with van der Waals surface area (Å²) >= 11 is 0. The van der Waals surface area contributed by atoms with Crippen LogP contribution < -0.4 is 4.90 Å². The normalized spacial score (nSPS) is 18.8. The standard InChI is InChI=1S/C25H20N2O2/c28-25-22-12-6-4-8-18(22)14-15-20-11-5-7-13-24(20)27(25)17-21-16-23(26-29-21)19-9-2-1-3-10-19/h1-15,21H,16-17H2/b15-14-. The maximum Gasteiger partial charge on any atom is 0.259 e. The summed E-state index contributed by atoms with van der Waals surface area (Å²) in [4.78, 5) is 21.0. The van der Waals surface area contributed by atoms with E-state index in [1.165, 1.54) is 0 Å². The van der Waals surface area contributed by atoms with Gasteiger partial charge < -0.3 is 9.74 Å². The van der Waals surface area contributed by atoms with E-state index in [1.54, 1.807) is 0 Å². The average molecular weight is 380 g/mol. The van der Waals surface area contributed by atoms with Gasteiger partial charge in [0.15, 0.2) is 6.10 Å². The molecule has 0 radical (unpaired) electrons. The minimum Gasteiger partial charge on any atom is -0.390 e. The molecule has 0 bridgehead atoms. The fourth-order valence-electron chi connectivity index (χ4n) is 3.86. The summed E-state index contributed by atoms with van der Waals surface area (Å²) in [6.45, 7) is 0.442. The molecule has 0 fully saturated rings. The lowest BCUT2D eigenvalue weighted by molar-refractivity contribution is 0.0817. The molecule has 29 heavy (non-hydrogen) atoms. The first-order valence-electron chi connectivity index (χ1n) is 9.76. The molecule has 142 valence electrons. The van der Waals surface area contributed by atoms with Crippen molar-refractivity contribution in [2.75, 3.05) is 11.4 Å². The van der Waals surface area contributed by atoms with E-state index < -0.39 is 0 Å². The highest BCUT2D eigenvalue weighted by atomic mass is 16.6. The Morgan fingerprint density at radius 2 is 1.55 bits per heavy atom. The molecular weight excluding hydrogens is 360 g/mol. The smallest absolute Gasteiger partial charge is 0.259 e. The van der Waals surface area contributed by atoms with Gasteiger partial charge in [0.25, 0.3) is 5.91 Å². The van der Waals surface area contributed by atoms with Crippen LogP contribution in [-0.4, -0.2) is 24.3 Å². The molecule has 0 spiro atoms. The van der Waals surface area contributed by atoms with Crippen molar-refractivity contribution >= 4 is 29.5 Å². The average Bonchev–Trinajstić information content (AvgIpc) is 3.25. The number of fused-ring (bicyclic) bond motifs is 2. The number of rotatable bonds is 3. The van der Waals surface area contributed by atoms with Crippen LogP contribution >= 0.6 is 0 Å². The van der Waals surface area contributed by atoms with Crippen LogP contribution in [0.2, 0.25) is 0 Å². The van der Waals surface area contributed by atoms with Gasteiger partial charge in [-0.3, -0.25) is 4.79 Å². The van der Waals surface area contributed by atoms with Gasteiger partial charge in [-0.15, -0.1) is 0 Å². The number of hydrogen-bond acceptors (Lipinski definition) is 3. The van der Waals surface area contributed by atoms with E-state index in [1.807, 2.05) is 89.8 Å². The van der Waals surface area contributed by atoms with Crippen molar-refractivity contribution in [1.82, 2.24) is 0 Å². The first kappa shape index (κ1) is 17.4. The molecule has 1 atom stereocenters. The SMILES string of the molecule is O=C1c2ccccc2/C=C\c2ccccc2N1CC1CC(c2ccccc2)=NO1. The van der Waals surface area contributed by atoms with Gasteiger partial charge in [-0.2, -0.15) is 0 Å². The van der Waals surface area contributed by atoms with Gasteiger partial charge in [0.05, 0.1) is 17.9 Å². The van der Waals surface area contributed by atoms with Crippen molar-refractivity contribution in [3.63, 3.8) is 0 Å². The molecule has 4 nitrogen and oxygen atoms in total. The molecule has 0 saturated carbocycles. The predicted molar refractivity (Wildman–Crippen MR) is 116 cm³/mol. The molecule has 0 N–H and O–H groups in total. The highest BCUT2D eigenvalue weighted by Crippen LogP contribution is 2.30. The third-order valence-electron chi connectivity index (χ3n) is 5.33. The molecule has 1 unspecified atom stereocenters. The lowest BCUT2D eigenvalue weighted by atomic mass is 9.99. The summed E-state index contributed by atoms with van der Waals surface area (Å²) in [5.41, 5.74) is 5.50. The second kappa shape index (κ2) is 7.40. The zero-order valence-corrected chi connectivity index (χ0v) is 15.9. The molecule has 0 saturated heterocycles. The molecule has 3 aromatic rings. The third-order valence-corrected chi connectivity index (χ3v) is 5.33. The molecule has 2 aliphatic heterocycles. The number of oxime groups is 1. The van der Waals surface area contributed by atoms with Gasteiger partial charge in [0.2, 0.25) is 0 Å². The van der Waals surface area contributed by atoms with Crippen LogP contribution in [-0.2, 0) is 4.84 Å². The summed E-state index contributed by atoms with van der Waals surface area (Å²) < 4.78 is 0. The van der Waals surface area contributed by atoms with E-state index in [0.29, 0.717) is 18.5 Å². The Labute approximate surface area is 169 Å². The maximum atomic E-state index is 13.5. The van der Waals surface area contributed by atoms with Crippen LogP contribution in [0.4, 0.5) is 5.69 Å². The van der Waals surface area contributed by atoms with E-state index in [2.05, 4.69) is 11.2 Å². The highest BCUT2D eigenvalue weighted by Gasteiger charge is 2.30. The van der Waals surface area contributed by atoms with Crippen molar-refractivity contribution in [2.24, 2.45) is 5.16 Å². The summed E-state index contributed by atoms with van der Waals surface area (Å²) in [5.74, 6) is -0.0193. The molecular formula is C25H20N2O2. The minimum atomic E-state index is -0.183. The van der Waals surface area contributed by atoms with Gasteiger partial charge in [-0.25, -0.2) is 0 Å². The molecule has 1 amide bonds. The van der Waals surface area contributed by atoms with E-state index in [9.17, 15) is 4.79 Å².